The molecule has 6 bridgehead atoms. The van der Waals surface area contributed by atoms with Crippen LogP contribution in [0.2, 0.25) is 0 Å². The number of aryl methyl sites for hydroxylation is 1. The smallest absolute Gasteiger partial charge is 0.251 e. The van der Waals surface area contributed by atoms with E-state index in [1.54, 1.807) is 24.3 Å². The highest BCUT2D eigenvalue weighted by molar-refractivity contribution is 5.99. The van der Waals surface area contributed by atoms with Crippen molar-refractivity contribution in [3.63, 3.8) is 0 Å². The second-order valence-corrected chi connectivity index (χ2v) is 11.1. The second kappa shape index (κ2) is 12.4. The van der Waals surface area contributed by atoms with Crippen LogP contribution < -0.4 is 15.8 Å². The first kappa shape index (κ1) is 29.5. The normalized spacial score (nSPS) is 24.1. The molecule has 0 spiro atoms. The van der Waals surface area contributed by atoms with Gasteiger partial charge in [-0.25, -0.2) is 13.8 Å². The number of carbonyl (C=O) groups excluding carboxylic acids is 2. The molecule has 0 aliphatic carbocycles. The zero-order valence-corrected chi connectivity index (χ0v) is 23.8. The number of hydrogen-bond acceptors (Lipinski definition) is 5. The van der Waals surface area contributed by atoms with Crippen LogP contribution >= 0.6 is 0 Å². The molecule has 3 atom stereocenters. The van der Waals surface area contributed by atoms with Gasteiger partial charge in [0, 0.05) is 30.4 Å². The van der Waals surface area contributed by atoms with Gasteiger partial charge in [-0.1, -0.05) is 44.5 Å². The second-order valence-electron chi connectivity index (χ2n) is 11.1. The molecule has 6 rings (SSSR count). The molecular weight excluding hydrogens is 514 g/mol. The van der Waals surface area contributed by atoms with Crippen LogP contribution in [-0.2, 0) is 11.2 Å². The molecule has 3 N–H and O–H groups in total. The SMILES string of the molecule is CC.CC1(C)CC2NC(=O)c3cccc(c3)C(CC(F)F)N3C(=O)CC(CCCCc4ccc(c2c4)O1)N=C3N. The van der Waals surface area contributed by atoms with E-state index in [1.807, 2.05) is 33.8 Å². The summed E-state index contributed by atoms with van der Waals surface area (Å²) in [6.07, 6.45) is 0.681. The van der Waals surface area contributed by atoms with E-state index in [-0.39, 0.29) is 36.3 Å². The van der Waals surface area contributed by atoms with Gasteiger partial charge in [0.05, 0.1) is 18.1 Å². The van der Waals surface area contributed by atoms with E-state index >= 15 is 0 Å². The van der Waals surface area contributed by atoms with Gasteiger partial charge in [-0.3, -0.25) is 14.5 Å². The Hall–Kier alpha value is -3.49. The molecular formula is C31H40F2N4O3. The van der Waals surface area contributed by atoms with E-state index in [4.69, 9.17) is 10.5 Å². The van der Waals surface area contributed by atoms with Crippen LogP contribution in [0.15, 0.2) is 47.5 Å². The van der Waals surface area contributed by atoms with Crippen LogP contribution in [0.1, 0.15) is 105 Å². The van der Waals surface area contributed by atoms with E-state index < -0.39 is 24.5 Å². The molecule has 0 fully saturated rings. The average molecular weight is 555 g/mol. The number of benzene rings is 2. The number of nitrogens with two attached hydrogens (primary N) is 1. The lowest BCUT2D eigenvalue weighted by atomic mass is 9.88. The Labute approximate surface area is 235 Å². The van der Waals surface area contributed by atoms with Crippen molar-refractivity contribution in [3.8, 4) is 5.75 Å². The molecule has 2 aromatic rings. The first-order chi connectivity index (χ1) is 19.1. The lowest BCUT2D eigenvalue weighted by Crippen LogP contribution is -2.49. The fourth-order valence-corrected chi connectivity index (χ4v) is 5.81. The van der Waals surface area contributed by atoms with Gasteiger partial charge in [0.2, 0.25) is 12.3 Å². The molecule has 0 radical (unpaired) electrons. The third-order valence-electron chi connectivity index (χ3n) is 7.58. The van der Waals surface area contributed by atoms with Crippen molar-refractivity contribution in [3.05, 3.63) is 64.7 Å². The van der Waals surface area contributed by atoms with Gasteiger partial charge in [0.15, 0.2) is 5.96 Å². The molecule has 2 amide bonds. The highest BCUT2D eigenvalue weighted by Crippen LogP contribution is 2.40. The fraction of sp³-hybridized carbons (Fsp3) is 0.516. The van der Waals surface area contributed by atoms with Crippen molar-refractivity contribution in [2.24, 2.45) is 10.7 Å². The molecule has 0 saturated carbocycles. The molecule has 9 heteroatoms. The van der Waals surface area contributed by atoms with E-state index in [1.165, 1.54) is 4.90 Å². The standard InChI is InChI=1S/C29H34F2N4O3.C2H6/c1-29(2)16-22-21-12-17(10-11-24(21)38-29)6-3-4-9-20-14-26(36)35(28(32)33-20)23(15-25(30)31)18-7-5-8-19(13-18)27(37)34-22;1-2/h5,7-8,10-13,20,22-23,25H,3-4,6,9,14-16H2,1-2H3,(H2,32,33)(H,34,37);1-2H3. The van der Waals surface area contributed by atoms with Crippen LogP contribution in [0.3, 0.4) is 0 Å². The predicted molar refractivity (Wildman–Crippen MR) is 152 cm³/mol. The third-order valence-corrected chi connectivity index (χ3v) is 7.58. The number of nitrogens with one attached hydrogen (secondary N) is 1. The number of hydrogen-bond donors (Lipinski definition) is 2. The summed E-state index contributed by atoms with van der Waals surface area (Å²) in [4.78, 5) is 32.3. The minimum atomic E-state index is -2.68. The largest absolute Gasteiger partial charge is 0.487 e. The summed E-state index contributed by atoms with van der Waals surface area (Å²) in [6, 6.07) is 11.1. The molecule has 3 unspecified atom stereocenters. The maximum atomic E-state index is 13.7. The molecule has 2 aromatic carbocycles. The Bertz CT molecular complexity index is 1260. The number of fused-ring (bicyclic) bond motifs is 5. The Morgan fingerprint density at radius 3 is 2.65 bits per heavy atom. The molecule has 40 heavy (non-hydrogen) atoms. The Kier molecular flexibility index (Phi) is 9.11. The van der Waals surface area contributed by atoms with Gasteiger partial charge < -0.3 is 15.8 Å². The number of carbonyl (C=O) groups is 2. The molecule has 4 heterocycles. The van der Waals surface area contributed by atoms with Crippen LogP contribution in [0.5, 0.6) is 5.75 Å². The zero-order chi connectivity index (χ0) is 29.0. The molecule has 0 saturated heterocycles. The minimum Gasteiger partial charge on any atom is -0.487 e. The maximum absolute atomic E-state index is 13.7. The summed E-state index contributed by atoms with van der Waals surface area (Å²) in [5.74, 6) is 0.0599. The number of aliphatic imine (C=N–C) groups is 1. The van der Waals surface area contributed by atoms with Gasteiger partial charge >= 0.3 is 0 Å². The maximum Gasteiger partial charge on any atom is 0.251 e. The van der Waals surface area contributed by atoms with Crippen molar-refractivity contribution in [2.75, 3.05) is 0 Å². The van der Waals surface area contributed by atoms with Crippen molar-refractivity contribution < 1.29 is 23.1 Å². The first-order valence-corrected chi connectivity index (χ1v) is 14.3. The number of alkyl halides is 2. The molecule has 4 aliphatic rings. The summed E-state index contributed by atoms with van der Waals surface area (Å²) in [5.41, 5.74) is 8.56. The average Bonchev–Trinajstić information content (AvgIpc) is 2.90. The van der Waals surface area contributed by atoms with Gasteiger partial charge in [-0.2, -0.15) is 0 Å². The van der Waals surface area contributed by atoms with Crippen molar-refractivity contribution >= 4 is 17.8 Å². The van der Waals surface area contributed by atoms with Crippen LogP contribution in [0.25, 0.3) is 0 Å². The predicted octanol–water partition coefficient (Wildman–Crippen LogP) is 6.08. The molecule has 7 nitrogen and oxygen atoms in total. The van der Waals surface area contributed by atoms with E-state index in [9.17, 15) is 18.4 Å². The highest BCUT2D eigenvalue weighted by atomic mass is 19.3. The topological polar surface area (TPSA) is 97.0 Å². The number of halogens is 2. The minimum absolute atomic E-state index is 0.0439. The number of rotatable bonds is 2. The summed E-state index contributed by atoms with van der Waals surface area (Å²) < 4.78 is 33.6. The van der Waals surface area contributed by atoms with Crippen LogP contribution in [0.4, 0.5) is 8.78 Å². The van der Waals surface area contributed by atoms with Gasteiger partial charge in [-0.05, 0) is 62.4 Å². The molecule has 4 aliphatic heterocycles. The Balaban J connectivity index is 0.00000181. The summed E-state index contributed by atoms with van der Waals surface area (Å²) in [5, 5.41) is 3.15. The number of nitrogens with zero attached hydrogens (tertiary/aromatic N) is 2. The van der Waals surface area contributed by atoms with Gasteiger partial charge in [-0.15, -0.1) is 0 Å². The fourth-order valence-electron chi connectivity index (χ4n) is 5.81. The lowest BCUT2D eigenvalue weighted by molar-refractivity contribution is -0.131. The van der Waals surface area contributed by atoms with Crippen molar-refractivity contribution in [1.29, 1.82) is 0 Å². The summed E-state index contributed by atoms with van der Waals surface area (Å²) >= 11 is 0. The Morgan fingerprint density at radius 1 is 1.15 bits per heavy atom. The summed E-state index contributed by atoms with van der Waals surface area (Å²) in [7, 11) is 0. The van der Waals surface area contributed by atoms with Crippen LogP contribution in [-0.4, -0.2) is 40.7 Å². The number of guanidine groups is 1. The molecule has 216 valence electrons. The van der Waals surface area contributed by atoms with Gasteiger partial charge in [0.1, 0.15) is 11.4 Å². The number of ether oxygens (including phenoxy) is 1. The van der Waals surface area contributed by atoms with Gasteiger partial charge in [0.25, 0.3) is 5.91 Å². The summed E-state index contributed by atoms with van der Waals surface area (Å²) in [6.45, 7) is 7.98. The van der Waals surface area contributed by atoms with Crippen molar-refractivity contribution in [2.45, 2.75) is 103 Å². The third kappa shape index (κ3) is 6.62. The van der Waals surface area contributed by atoms with E-state index in [0.29, 0.717) is 24.0 Å². The van der Waals surface area contributed by atoms with Crippen LogP contribution in [0, 0.1) is 0 Å². The van der Waals surface area contributed by atoms with E-state index in [2.05, 4.69) is 22.4 Å². The van der Waals surface area contributed by atoms with E-state index in [0.717, 1.165) is 36.1 Å². The highest BCUT2D eigenvalue weighted by Gasteiger charge is 2.37. The molecule has 0 aromatic heterocycles. The number of amides is 2. The quantitative estimate of drug-likeness (QED) is 0.470. The van der Waals surface area contributed by atoms with Crippen molar-refractivity contribution in [1.82, 2.24) is 10.2 Å². The monoisotopic (exact) mass is 554 g/mol. The first-order valence-electron chi connectivity index (χ1n) is 14.3. The Morgan fingerprint density at radius 2 is 1.93 bits per heavy atom. The zero-order valence-electron chi connectivity index (χ0n) is 23.8. The lowest BCUT2D eigenvalue weighted by Gasteiger charge is -2.38.